The SMILES string of the molecule is CC(=O)Nc1cccc(NC(=O)[C@@H]2C[C@@H](O)CN2C2CCN(Cc3ccccc3)CC2)c1. The molecule has 2 heterocycles. The van der Waals surface area contributed by atoms with Crippen molar-refractivity contribution in [2.75, 3.05) is 30.3 Å². The summed E-state index contributed by atoms with van der Waals surface area (Å²) in [5, 5.41) is 16.0. The van der Waals surface area contributed by atoms with Crippen LogP contribution in [0.5, 0.6) is 0 Å². The van der Waals surface area contributed by atoms with Gasteiger partial charge in [0.15, 0.2) is 0 Å². The maximum absolute atomic E-state index is 13.1. The molecular weight excluding hydrogens is 404 g/mol. The first-order valence-electron chi connectivity index (χ1n) is 11.4. The summed E-state index contributed by atoms with van der Waals surface area (Å²) < 4.78 is 0. The third-order valence-corrected chi connectivity index (χ3v) is 6.35. The number of likely N-dealkylation sites (tertiary alicyclic amines) is 2. The third-order valence-electron chi connectivity index (χ3n) is 6.35. The van der Waals surface area contributed by atoms with Crippen molar-refractivity contribution in [3.63, 3.8) is 0 Å². The summed E-state index contributed by atoms with van der Waals surface area (Å²) in [5.74, 6) is -0.259. The van der Waals surface area contributed by atoms with Crippen LogP contribution in [0, 0.1) is 0 Å². The second kappa shape index (κ2) is 10.3. The molecule has 0 unspecified atom stereocenters. The number of carbonyl (C=O) groups excluding carboxylic acids is 2. The molecule has 4 rings (SSSR count). The van der Waals surface area contributed by atoms with E-state index in [4.69, 9.17) is 0 Å². The number of β-amino-alcohol motifs (C(OH)–C–C–N with tert-alkyl or cyclic N) is 1. The Kier molecular flexibility index (Phi) is 7.19. The van der Waals surface area contributed by atoms with Crippen molar-refractivity contribution in [2.45, 2.75) is 50.9 Å². The van der Waals surface area contributed by atoms with E-state index in [2.05, 4.69) is 44.7 Å². The smallest absolute Gasteiger partial charge is 0.241 e. The Morgan fingerprint density at radius 1 is 1.00 bits per heavy atom. The first-order valence-corrected chi connectivity index (χ1v) is 11.4. The minimum atomic E-state index is -0.487. The van der Waals surface area contributed by atoms with E-state index >= 15 is 0 Å². The van der Waals surface area contributed by atoms with Crippen molar-refractivity contribution in [3.05, 3.63) is 60.2 Å². The van der Waals surface area contributed by atoms with Gasteiger partial charge in [-0.25, -0.2) is 0 Å². The maximum Gasteiger partial charge on any atom is 0.241 e. The molecule has 0 bridgehead atoms. The second-order valence-corrected chi connectivity index (χ2v) is 8.85. The van der Waals surface area contributed by atoms with Gasteiger partial charge < -0.3 is 15.7 Å². The number of nitrogens with zero attached hydrogens (tertiary/aromatic N) is 2. The number of rotatable bonds is 6. The molecule has 0 spiro atoms. The van der Waals surface area contributed by atoms with Gasteiger partial charge in [-0.1, -0.05) is 36.4 Å². The van der Waals surface area contributed by atoms with Crippen molar-refractivity contribution < 1.29 is 14.7 Å². The number of piperidine rings is 1. The Morgan fingerprint density at radius 3 is 2.38 bits per heavy atom. The molecule has 2 saturated heterocycles. The number of aliphatic hydroxyl groups is 1. The van der Waals surface area contributed by atoms with Crippen molar-refractivity contribution in [1.29, 1.82) is 0 Å². The highest BCUT2D eigenvalue weighted by molar-refractivity contribution is 5.96. The number of hydrogen-bond acceptors (Lipinski definition) is 5. The van der Waals surface area contributed by atoms with E-state index in [-0.39, 0.29) is 17.9 Å². The highest BCUT2D eigenvalue weighted by Crippen LogP contribution is 2.28. The first kappa shape index (κ1) is 22.5. The Labute approximate surface area is 189 Å². The zero-order chi connectivity index (χ0) is 22.5. The van der Waals surface area contributed by atoms with E-state index in [0.717, 1.165) is 32.5 Å². The van der Waals surface area contributed by atoms with Gasteiger partial charge in [0.05, 0.1) is 12.1 Å². The average Bonchev–Trinajstić information content (AvgIpc) is 3.17. The predicted octanol–water partition coefficient (Wildman–Crippen LogP) is 2.68. The van der Waals surface area contributed by atoms with Crippen molar-refractivity contribution in [2.24, 2.45) is 0 Å². The van der Waals surface area contributed by atoms with Crippen molar-refractivity contribution in [3.8, 4) is 0 Å². The lowest BCUT2D eigenvalue weighted by atomic mass is 10.0. The Morgan fingerprint density at radius 2 is 1.69 bits per heavy atom. The molecule has 2 aliphatic heterocycles. The summed E-state index contributed by atoms with van der Waals surface area (Å²) >= 11 is 0. The molecule has 2 aliphatic rings. The van der Waals surface area contributed by atoms with Gasteiger partial charge in [-0.15, -0.1) is 0 Å². The van der Waals surface area contributed by atoms with Crippen LogP contribution in [0.2, 0.25) is 0 Å². The van der Waals surface area contributed by atoms with Crippen LogP contribution in [0.3, 0.4) is 0 Å². The molecule has 2 aromatic carbocycles. The zero-order valence-corrected chi connectivity index (χ0v) is 18.5. The lowest BCUT2D eigenvalue weighted by Crippen LogP contribution is -2.50. The van der Waals surface area contributed by atoms with Crippen LogP contribution >= 0.6 is 0 Å². The quantitative estimate of drug-likeness (QED) is 0.648. The van der Waals surface area contributed by atoms with E-state index < -0.39 is 6.10 Å². The zero-order valence-electron chi connectivity index (χ0n) is 18.5. The molecule has 2 fully saturated rings. The highest BCUT2D eigenvalue weighted by Gasteiger charge is 2.40. The van der Waals surface area contributed by atoms with E-state index in [1.807, 2.05) is 6.07 Å². The number of anilines is 2. The number of nitrogens with one attached hydrogen (secondary N) is 2. The number of hydrogen-bond donors (Lipinski definition) is 3. The molecule has 0 radical (unpaired) electrons. The molecule has 7 heteroatoms. The molecular formula is C25H32N4O3. The molecule has 7 nitrogen and oxygen atoms in total. The summed E-state index contributed by atoms with van der Waals surface area (Å²) in [6, 6.07) is 17.6. The fourth-order valence-corrected chi connectivity index (χ4v) is 4.85. The molecule has 0 aromatic heterocycles. The molecule has 170 valence electrons. The summed E-state index contributed by atoms with van der Waals surface area (Å²) in [4.78, 5) is 29.0. The summed E-state index contributed by atoms with van der Waals surface area (Å²) in [6.07, 6.45) is 1.93. The first-order chi connectivity index (χ1) is 15.5. The Bertz CT molecular complexity index is 928. The monoisotopic (exact) mass is 436 g/mol. The van der Waals surface area contributed by atoms with Crippen LogP contribution < -0.4 is 10.6 Å². The van der Waals surface area contributed by atoms with Gasteiger partial charge in [0.25, 0.3) is 0 Å². The fourth-order valence-electron chi connectivity index (χ4n) is 4.85. The van der Waals surface area contributed by atoms with Gasteiger partial charge in [0.1, 0.15) is 0 Å². The van der Waals surface area contributed by atoms with Gasteiger partial charge in [-0.2, -0.15) is 0 Å². The van der Waals surface area contributed by atoms with Crippen molar-refractivity contribution >= 4 is 23.2 Å². The maximum atomic E-state index is 13.1. The lowest BCUT2D eigenvalue weighted by Gasteiger charge is -2.38. The van der Waals surface area contributed by atoms with Crippen LogP contribution in [0.4, 0.5) is 11.4 Å². The lowest BCUT2D eigenvalue weighted by molar-refractivity contribution is -0.121. The number of amides is 2. The minimum absolute atomic E-state index is 0.103. The van der Waals surface area contributed by atoms with Crippen LogP contribution in [0.15, 0.2) is 54.6 Å². The van der Waals surface area contributed by atoms with Crippen LogP contribution in [-0.4, -0.2) is 64.5 Å². The van der Waals surface area contributed by atoms with E-state index in [0.29, 0.717) is 30.4 Å². The molecule has 3 N–H and O–H groups in total. The molecule has 0 saturated carbocycles. The summed E-state index contributed by atoms with van der Waals surface area (Å²) in [6.45, 7) is 4.91. The number of benzene rings is 2. The molecule has 2 atom stereocenters. The third kappa shape index (κ3) is 5.73. The summed E-state index contributed by atoms with van der Waals surface area (Å²) in [7, 11) is 0. The topological polar surface area (TPSA) is 84.9 Å². The fraction of sp³-hybridized carbons (Fsp3) is 0.440. The minimum Gasteiger partial charge on any atom is -0.392 e. The van der Waals surface area contributed by atoms with E-state index in [1.165, 1.54) is 12.5 Å². The molecule has 2 amide bonds. The van der Waals surface area contributed by atoms with Crippen LogP contribution in [0.25, 0.3) is 0 Å². The number of carbonyl (C=O) groups is 2. The second-order valence-electron chi connectivity index (χ2n) is 8.85. The molecule has 0 aliphatic carbocycles. The van der Waals surface area contributed by atoms with E-state index in [9.17, 15) is 14.7 Å². The Hall–Kier alpha value is -2.74. The predicted molar refractivity (Wildman–Crippen MR) is 125 cm³/mol. The normalized spacial score (nSPS) is 22.6. The number of aliphatic hydroxyl groups excluding tert-OH is 1. The van der Waals surface area contributed by atoms with Gasteiger partial charge in [0.2, 0.25) is 11.8 Å². The highest BCUT2D eigenvalue weighted by atomic mass is 16.3. The van der Waals surface area contributed by atoms with Gasteiger partial charge in [-0.3, -0.25) is 19.4 Å². The van der Waals surface area contributed by atoms with Crippen molar-refractivity contribution in [1.82, 2.24) is 9.80 Å². The summed E-state index contributed by atoms with van der Waals surface area (Å²) in [5.41, 5.74) is 2.60. The van der Waals surface area contributed by atoms with Crippen LogP contribution in [-0.2, 0) is 16.1 Å². The van der Waals surface area contributed by atoms with Gasteiger partial charge in [0, 0.05) is 37.4 Å². The van der Waals surface area contributed by atoms with E-state index in [1.54, 1.807) is 24.3 Å². The largest absolute Gasteiger partial charge is 0.392 e. The van der Waals surface area contributed by atoms with Gasteiger partial charge >= 0.3 is 0 Å². The van der Waals surface area contributed by atoms with Gasteiger partial charge in [-0.05, 0) is 56.1 Å². The Balaban J connectivity index is 1.35. The average molecular weight is 437 g/mol. The van der Waals surface area contributed by atoms with Crippen LogP contribution in [0.1, 0.15) is 31.7 Å². The molecule has 2 aromatic rings. The molecule has 32 heavy (non-hydrogen) atoms. The standard InChI is InChI=1S/C25H32N4O3/c1-18(30)26-20-8-5-9-21(14-20)27-25(32)24-15-23(31)17-29(24)22-10-12-28(13-11-22)16-19-6-3-2-4-7-19/h2-9,14,22-24,31H,10-13,15-17H2,1H3,(H,26,30)(H,27,32)/t23-,24+/m1/s1.